The van der Waals surface area contributed by atoms with Gasteiger partial charge in [-0.15, -0.1) is 0 Å². The van der Waals surface area contributed by atoms with Crippen molar-refractivity contribution in [1.82, 2.24) is 9.55 Å². The molecule has 3 nitrogen and oxygen atoms in total. The number of fused-ring (bicyclic) bond motifs is 1. The highest BCUT2D eigenvalue weighted by molar-refractivity contribution is 5.74. The molecular formula is C16H20N2O. The molecule has 1 aliphatic carbocycles. The van der Waals surface area contributed by atoms with E-state index < -0.39 is 0 Å². The molecule has 0 aliphatic heterocycles. The zero-order chi connectivity index (χ0) is 13.1. The van der Waals surface area contributed by atoms with E-state index in [-0.39, 0.29) is 5.69 Å². The van der Waals surface area contributed by atoms with Gasteiger partial charge in [0.05, 0.1) is 11.0 Å². The Hall–Kier alpha value is -1.77. The summed E-state index contributed by atoms with van der Waals surface area (Å²) in [6.45, 7) is 0.659. The molecule has 3 rings (SSSR count). The number of rotatable bonds is 6. The Morgan fingerprint density at radius 3 is 2.95 bits per heavy atom. The Labute approximate surface area is 113 Å². The van der Waals surface area contributed by atoms with Crippen molar-refractivity contribution < 1.29 is 0 Å². The second kappa shape index (κ2) is 5.47. The molecule has 1 saturated carbocycles. The fourth-order valence-electron chi connectivity index (χ4n) is 2.52. The monoisotopic (exact) mass is 256 g/mol. The molecule has 2 aromatic rings. The molecule has 1 aromatic carbocycles. The largest absolute Gasteiger partial charge is 0.326 e. The third kappa shape index (κ3) is 2.98. The number of para-hydroxylation sites is 2. The zero-order valence-electron chi connectivity index (χ0n) is 11.1. The van der Waals surface area contributed by atoms with Gasteiger partial charge in [-0.1, -0.05) is 43.5 Å². The van der Waals surface area contributed by atoms with Crippen LogP contribution < -0.4 is 5.69 Å². The molecular weight excluding hydrogens is 236 g/mol. The van der Waals surface area contributed by atoms with Gasteiger partial charge in [0.1, 0.15) is 0 Å². The van der Waals surface area contributed by atoms with Gasteiger partial charge in [0, 0.05) is 6.54 Å². The molecule has 0 saturated heterocycles. The number of hydrogen-bond donors (Lipinski definition) is 1. The normalized spacial score (nSPS) is 15.6. The molecule has 1 heterocycles. The number of hydrogen-bond acceptors (Lipinski definition) is 1. The van der Waals surface area contributed by atoms with Crippen LogP contribution >= 0.6 is 0 Å². The van der Waals surface area contributed by atoms with E-state index in [0.29, 0.717) is 6.54 Å². The van der Waals surface area contributed by atoms with Crippen molar-refractivity contribution in [3.63, 3.8) is 0 Å². The van der Waals surface area contributed by atoms with Gasteiger partial charge in [0.25, 0.3) is 0 Å². The first-order valence-corrected chi connectivity index (χ1v) is 7.17. The summed E-state index contributed by atoms with van der Waals surface area (Å²) >= 11 is 0. The van der Waals surface area contributed by atoms with Gasteiger partial charge < -0.3 is 4.98 Å². The van der Waals surface area contributed by atoms with Crippen LogP contribution in [0.25, 0.3) is 11.0 Å². The maximum Gasteiger partial charge on any atom is 0.326 e. The lowest BCUT2D eigenvalue weighted by atomic mass is 10.2. The van der Waals surface area contributed by atoms with Crippen molar-refractivity contribution in [2.45, 2.75) is 38.6 Å². The van der Waals surface area contributed by atoms with E-state index >= 15 is 0 Å². The number of aromatic nitrogens is 2. The van der Waals surface area contributed by atoms with Gasteiger partial charge in [0.2, 0.25) is 0 Å². The first-order chi connectivity index (χ1) is 9.34. The Morgan fingerprint density at radius 2 is 2.11 bits per heavy atom. The first-order valence-electron chi connectivity index (χ1n) is 7.17. The minimum absolute atomic E-state index is 0.0242. The van der Waals surface area contributed by atoms with Crippen molar-refractivity contribution in [3.05, 3.63) is 46.9 Å². The third-order valence-corrected chi connectivity index (χ3v) is 3.82. The molecule has 0 unspecified atom stereocenters. The van der Waals surface area contributed by atoms with Crippen LogP contribution in [0.3, 0.4) is 0 Å². The molecule has 19 heavy (non-hydrogen) atoms. The van der Waals surface area contributed by atoms with Crippen molar-refractivity contribution >= 4 is 11.0 Å². The number of aromatic amines is 1. The fraction of sp³-hybridized carbons (Fsp3) is 0.438. The molecule has 100 valence electrons. The van der Waals surface area contributed by atoms with Crippen molar-refractivity contribution in [1.29, 1.82) is 0 Å². The number of imidazole rings is 1. The highest BCUT2D eigenvalue weighted by Crippen LogP contribution is 2.33. The number of nitrogens with zero attached hydrogens (tertiary/aromatic N) is 1. The molecule has 1 aromatic heterocycles. The first kappa shape index (κ1) is 12.3. The fourth-order valence-corrected chi connectivity index (χ4v) is 2.52. The summed E-state index contributed by atoms with van der Waals surface area (Å²) in [5.74, 6) is 1.02. The highest BCUT2D eigenvalue weighted by Gasteiger charge is 2.19. The summed E-state index contributed by atoms with van der Waals surface area (Å²) < 4.78 is 1.78. The minimum atomic E-state index is -0.0242. The van der Waals surface area contributed by atoms with Crippen LogP contribution in [0.5, 0.6) is 0 Å². The van der Waals surface area contributed by atoms with E-state index in [0.717, 1.165) is 23.4 Å². The van der Waals surface area contributed by atoms with Crippen molar-refractivity contribution in [3.8, 4) is 0 Å². The molecule has 0 bridgehead atoms. The molecule has 0 spiro atoms. The second-order valence-electron chi connectivity index (χ2n) is 5.40. The van der Waals surface area contributed by atoms with Gasteiger partial charge in [-0.05, 0) is 30.9 Å². The van der Waals surface area contributed by atoms with Gasteiger partial charge in [-0.3, -0.25) is 4.57 Å². The van der Waals surface area contributed by atoms with Crippen molar-refractivity contribution in [2.75, 3.05) is 0 Å². The van der Waals surface area contributed by atoms with Gasteiger partial charge in [-0.2, -0.15) is 0 Å². The average Bonchev–Trinajstić information content (AvgIpc) is 3.18. The molecule has 0 radical (unpaired) electrons. The second-order valence-corrected chi connectivity index (χ2v) is 5.40. The summed E-state index contributed by atoms with van der Waals surface area (Å²) in [6.07, 6.45) is 11.0. The van der Waals surface area contributed by atoms with E-state index in [2.05, 4.69) is 17.1 Å². The van der Waals surface area contributed by atoms with Crippen LogP contribution in [0.15, 0.2) is 41.2 Å². The predicted octanol–water partition coefficient (Wildman–Crippen LogP) is 3.47. The lowest BCUT2D eigenvalue weighted by Crippen LogP contribution is -2.15. The van der Waals surface area contributed by atoms with E-state index in [1.54, 1.807) is 4.57 Å². The summed E-state index contributed by atoms with van der Waals surface area (Å²) in [5.41, 5.74) is 1.87. The quantitative estimate of drug-likeness (QED) is 0.623. The van der Waals surface area contributed by atoms with Crippen LogP contribution in [-0.2, 0) is 6.54 Å². The van der Waals surface area contributed by atoms with Crippen LogP contribution in [0.1, 0.15) is 32.1 Å². The van der Waals surface area contributed by atoms with Gasteiger partial charge in [0.15, 0.2) is 0 Å². The molecule has 0 amide bonds. The summed E-state index contributed by atoms with van der Waals surface area (Å²) in [7, 11) is 0. The number of unbranched alkanes of at least 4 members (excludes halogenated alkanes) is 1. The van der Waals surface area contributed by atoms with E-state index in [1.165, 1.54) is 25.7 Å². The highest BCUT2D eigenvalue weighted by atomic mass is 16.1. The number of H-pyrrole nitrogens is 1. The zero-order valence-corrected chi connectivity index (χ0v) is 11.1. The topological polar surface area (TPSA) is 37.8 Å². The maximum atomic E-state index is 11.8. The molecule has 1 fully saturated rings. The summed E-state index contributed by atoms with van der Waals surface area (Å²) in [5, 5.41) is 0. The summed E-state index contributed by atoms with van der Waals surface area (Å²) in [6, 6.07) is 7.82. The number of allylic oxidation sites excluding steroid dienone is 2. The van der Waals surface area contributed by atoms with E-state index in [4.69, 9.17) is 0 Å². The Bertz CT molecular complexity index is 631. The van der Waals surface area contributed by atoms with Crippen LogP contribution in [0.4, 0.5) is 0 Å². The van der Waals surface area contributed by atoms with Gasteiger partial charge >= 0.3 is 5.69 Å². The minimum Gasteiger partial charge on any atom is -0.306 e. The summed E-state index contributed by atoms with van der Waals surface area (Å²) in [4.78, 5) is 14.7. The van der Waals surface area contributed by atoms with E-state index in [9.17, 15) is 4.79 Å². The van der Waals surface area contributed by atoms with Crippen LogP contribution in [-0.4, -0.2) is 9.55 Å². The Morgan fingerprint density at radius 1 is 1.26 bits per heavy atom. The Kier molecular flexibility index (Phi) is 3.53. The lowest BCUT2D eigenvalue weighted by molar-refractivity contribution is 0.673. The molecule has 1 N–H and O–H groups in total. The molecule has 3 heteroatoms. The Balaban J connectivity index is 1.59. The third-order valence-electron chi connectivity index (χ3n) is 3.82. The average molecular weight is 256 g/mol. The lowest BCUT2D eigenvalue weighted by Gasteiger charge is -1.98. The van der Waals surface area contributed by atoms with E-state index in [1.807, 2.05) is 24.3 Å². The molecule has 1 aliphatic rings. The van der Waals surface area contributed by atoms with Crippen molar-refractivity contribution in [2.24, 2.45) is 5.92 Å². The smallest absolute Gasteiger partial charge is 0.306 e. The SMILES string of the molecule is O=c1[nH]c2ccccc2n1CC=CCCCC1CC1. The maximum absolute atomic E-state index is 11.8. The standard InChI is InChI=1S/C16H20N2O/c19-16-17-14-8-4-5-9-15(14)18(16)12-6-2-1-3-7-13-10-11-13/h2,4-6,8-9,13H,1,3,7,10-12H2,(H,17,19). The van der Waals surface area contributed by atoms with Crippen LogP contribution in [0.2, 0.25) is 0 Å². The molecule has 0 atom stereocenters. The van der Waals surface area contributed by atoms with Gasteiger partial charge in [-0.25, -0.2) is 4.79 Å². The van der Waals surface area contributed by atoms with Crippen LogP contribution in [0, 0.1) is 5.92 Å². The number of nitrogens with one attached hydrogen (secondary N) is 1. The predicted molar refractivity (Wildman–Crippen MR) is 78.3 cm³/mol. The number of benzene rings is 1.